The number of anilines is 1. The van der Waals surface area contributed by atoms with Gasteiger partial charge in [0.25, 0.3) is 0 Å². The number of aliphatic imine (C=N–C) groups is 1. The SMILES string of the molecule is COCCOc1ccc(-c2cnc3c(c2)CC(c2cc(NC(=O)N4CCCC4)ccc2F)=N3)cc1. The van der Waals surface area contributed by atoms with E-state index < -0.39 is 0 Å². The van der Waals surface area contributed by atoms with Gasteiger partial charge in [0.15, 0.2) is 5.82 Å². The monoisotopic (exact) mass is 474 g/mol. The quantitative estimate of drug-likeness (QED) is 0.477. The van der Waals surface area contributed by atoms with Gasteiger partial charge in [-0.2, -0.15) is 0 Å². The lowest BCUT2D eigenvalue weighted by Crippen LogP contribution is -2.32. The number of hydrogen-bond acceptors (Lipinski definition) is 5. The number of ether oxygens (including phenoxy) is 2. The number of methoxy groups -OCH3 is 1. The summed E-state index contributed by atoms with van der Waals surface area (Å²) in [6, 6.07) is 14.3. The molecule has 180 valence electrons. The molecule has 7 nitrogen and oxygen atoms in total. The topological polar surface area (TPSA) is 76.1 Å². The standard InChI is InChI=1S/C27H27FN4O3/c1-34-12-13-35-22-7-4-18(5-8-22)20-14-19-15-25(31-26(19)29-17-20)23-16-21(6-9-24(23)28)30-27(33)32-10-2-3-11-32/h4-9,14,16-17H,2-3,10-13,15H2,1H3,(H,30,33). The van der Waals surface area contributed by atoms with Gasteiger partial charge in [0.1, 0.15) is 18.2 Å². The highest BCUT2D eigenvalue weighted by Gasteiger charge is 2.22. The Labute approximate surface area is 203 Å². The number of nitrogens with zero attached hydrogens (tertiary/aromatic N) is 3. The van der Waals surface area contributed by atoms with Crippen LogP contribution in [-0.4, -0.2) is 55.0 Å². The third-order valence-electron chi connectivity index (χ3n) is 6.21. The number of benzene rings is 2. The predicted octanol–water partition coefficient (Wildman–Crippen LogP) is 5.22. The minimum atomic E-state index is -0.375. The summed E-state index contributed by atoms with van der Waals surface area (Å²) >= 11 is 0. The molecular formula is C27H27FN4O3. The smallest absolute Gasteiger partial charge is 0.321 e. The van der Waals surface area contributed by atoms with Crippen molar-refractivity contribution < 1.29 is 18.7 Å². The van der Waals surface area contributed by atoms with Crippen LogP contribution in [0.2, 0.25) is 0 Å². The van der Waals surface area contributed by atoms with Crippen LogP contribution in [0.3, 0.4) is 0 Å². The molecule has 0 spiro atoms. The van der Waals surface area contributed by atoms with Crippen molar-refractivity contribution in [2.75, 3.05) is 38.7 Å². The maximum atomic E-state index is 14.7. The van der Waals surface area contributed by atoms with Crippen molar-refractivity contribution in [3.8, 4) is 16.9 Å². The van der Waals surface area contributed by atoms with Gasteiger partial charge in [-0.1, -0.05) is 12.1 Å². The highest BCUT2D eigenvalue weighted by Crippen LogP contribution is 2.32. The number of likely N-dealkylation sites (tertiary alicyclic amines) is 1. The van der Waals surface area contributed by atoms with Gasteiger partial charge in [-0.3, -0.25) is 0 Å². The summed E-state index contributed by atoms with van der Waals surface area (Å²) in [5.74, 6) is 0.993. The van der Waals surface area contributed by atoms with Crippen molar-refractivity contribution in [1.29, 1.82) is 0 Å². The molecule has 0 bridgehead atoms. The highest BCUT2D eigenvalue weighted by atomic mass is 19.1. The first-order valence-corrected chi connectivity index (χ1v) is 11.8. The molecule has 2 amide bonds. The Hall–Kier alpha value is -3.78. The number of halogens is 1. The van der Waals surface area contributed by atoms with E-state index in [0.29, 0.717) is 42.4 Å². The molecule has 35 heavy (non-hydrogen) atoms. The Morgan fingerprint density at radius 2 is 1.86 bits per heavy atom. The number of nitrogens with one attached hydrogen (secondary N) is 1. The first-order valence-electron chi connectivity index (χ1n) is 11.8. The van der Waals surface area contributed by atoms with Crippen LogP contribution in [0.15, 0.2) is 59.7 Å². The van der Waals surface area contributed by atoms with Crippen LogP contribution in [0.5, 0.6) is 5.75 Å². The molecule has 3 aromatic rings. The predicted molar refractivity (Wildman–Crippen MR) is 133 cm³/mol. The zero-order valence-electron chi connectivity index (χ0n) is 19.6. The fourth-order valence-electron chi connectivity index (χ4n) is 4.33. The highest BCUT2D eigenvalue weighted by molar-refractivity contribution is 6.07. The summed E-state index contributed by atoms with van der Waals surface area (Å²) < 4.78 is 25.4. The van der Waals surface area contributed by atoms with E-state index in [2.05, 4.69) is 15.3 Å². The maximum Gasteiger partial charge on any atom is 0.321 e. The van der Waals surface area contributed by atoms with E-state index in [0.717, 1.165) is 48.4 Å². The van der Waals surface area contributed by atoms with Gasteiger partial charge < -0.3 is 19.7 Å². The molecule has 8 heteroatoms. The molecule has 0 radical (unpaired) electrons. The number of amides is 2. The molecule has 0 saturated carbocycles. The molecule has 2 aliphatic heterocycles. The Morgan fingerprint density at radius 1 is 1.06 bits per heavy atom. The minimum Gasteiger partial charge on any atom is -0.491 e. The van der Waals surface area contributed by atoms with Crippen molar-refractivity contribution in [2.45, 2.75) is 19.3 Å². The summed E-state index contributed by atoms with van der Waals surface area (Å²) in [6.07, 6.45) is 4.26. The average molecular weight is 475 g/mol. The third-order valence-corrected chi connectivity index (χ3v) is 6.21. The van der Waals surface area contributed by atoms with Crippen molar-refractivity contribution in [2.24, 2.45) is 4.99 Å². The van der Waals surface area contributed by atoms with E-state index in [-0.39, 0.29) is 11.8 Å². The van der Waals surface area contributed by atoms with E-state index in [1.807, 2.05) is 30.3 Å². The summed E-state index contributed by atoms with van der Waals surface area (Å²) in [5.41, 5.74) is 4.42. The van der Waals surface area contributed by atoms with Gasteiger partial charge in [0, 0.05) is 55.2 Å². The number of carbonyl (C=O) groups is 1. The molecule has 0 unspecified atom stereocenters. The van der Waals surface area contributed by atoms with Gasteiger partial charge in [-0.05, 0) is 54.8 Å². The van der Waals surface area contributed by atoms with E-state index in [4.69, 9.17) is 9.47 Å². The number of aromatic nitrogens is 1. The largest absolute Gasteiger partial charge is 0.491 e. The van der Waals surface area contributed by atoms with E-state index in [1.165, 1.54) is 6.07 Å². The van der Waals surface area contributed by atoms with Crippen LogP contribution in [0, 0.1) is 5.82 Å². The first kappa shape index (κ1) is 23.0. The number of pyridine rings is 1. The molecule has 0 aliphatic carbocycles. The van der Waals surface area contributed by atoms with Gasteiger partial charge in [0.05, 0.1) is 12.3 Å². The van der Waals surface area contributed by atoms with Crippen molar-refractivity contribution in [3.63, 3.8) is 0 Å². The zero-order valence-corrected chi connectivity index (χ0v) is 19.6. The van der Waals surface area contributed by atoms with E-state index >= 15 is 0 Å². The normalized spacial score (nSPS) is 14.6. The Balaban J connectivity index is 1.30. The number of hydrogen-bond donors (Lipinski definition) is 1. The van der Waals surface area contributed by atoms with Crippen molar-refractivity contribution >= 4 is 23.2 Å². The molecule has 1 aromatic heterocycles. The minimum absolute atomic E-state index is 0.155. The van der Waals surface area contributed by atoms with Crippen molar-refractivity contribution in [1.82, 2.24) is 9.88 Å². The maximum absolute atomic E-state index is 14.7. The molecule has 5 rings (SSSR count). The van der Waals surface area contributed by atoms with E-state index in [1.54, 1.807) is 30.3 Å². The second-order valence-electron chi connectivity index (χ2n) is 8.63. The summed E-state index contributed by atoms with van der Waals surface area (Å²) in [6.45, 7) is 2.53. The number of carbonyl (C=O) groups excluding carboxylic acids is 1. The fraction of sp³-hybridized carbons (Fsp3) is 0.296. The average Bonchev–Trinajstić information content (AvgIpc) is 3.56. The number of fused-ring (bicyclic) bond motifs is 1. The Bertz CT molecular complexity index is 1250. The molecule has 3 heterocycles. The zero-order chi connectivity index (χ0) is 24.2. The molecule has 0 atom stereocenters. The third kappa shape index (κ3) is 5.17. The molecule has 1 saturated heterocycles. The van der Waals surface area contributed by atoms with Crippen LogP contribution in [0.1, 0.15) is 24.0 Å². The second kappa shape index (κ2) is 10.2. The van der Waals surface area contributed by atoms with Crippen LogP contribution in [-0.2, 0) is 11.2 Å². The Morgan fingerprint density at radius 3 is 2.63 bits per heavy atom. The van der Waals surface area contributed by atoms with Gasteiger partial charge in [-0.25, -0.2) is 19.2 Å². The van der Waals surface area contributed by atoms with Gasteiger partial charge in [0.2, 0.25) is 0 Å². The van der Waals surface area contributed by atoms with Crippen LogP contribution in [0.25, 0.3) is 11.1 Å². The lowest BCUT2D eigenvalue weighted by Gasteiger charge is -2.16. The first-order chi connectivity index (χ1) is 17.1. The molecule has 1 fully saturated rings. The fourth-order valence-corrected chi connectivity index (χ4v) is 4.33. The van der Waals surface area contributed by atoms with Gasteiger partial charge >= 0.3 is 6.03 Å². The van der Waals surface area contributed by atoms with Gasteiger partial charge in [-0.15, -0.1) is 0 Å². The molecule has 2 aliphatic rings. The lowest BCUT2D eigenvalue weighted by molar-refractivity contribution is 0.146. The summed E-state index contributed by atoms with van der Waals surface area (Å²) in [4.78, 5) is 23.3. The molecule has 1 N–H and O–H groups in total. The molecular weight excluding hydrogens is 447 g/mol. The second-order valence-corrected chi connectivity index (χ2v) is 8.63. The lowest BCUT2D eigenvalue weighted by atomic mass is 10.0. The van der Waals surface area contributed by atoms with E-state index in [9.17, 15) is 9.18 Å². The van der Waals surface area contributed by atoms with Crippen LogP contribution in [0.4, 0.5) is 20.7 Å². The van der Waals surface area contributed by atoms with Crippen molar-refractivity contribution in [3.05, 3.63) is 71.7 Å². The molecule has 2 aromatic carbocycles. The summed E-state index contributed by atoms with van der Waals surface area (Å²) in [5, 5.41) is 2.88. The van der Waals surface area contributed by atoms with Crippen LogP contribution >= 0.6 is 0 Å². The summed E-state index contributed by atoms with van der Waals surface area (Å²) in [7, 11) is 1.64. The Kier molecular flexibility index (Phi) is 6.72. The number of urea groups is 1. The number of rotatable bonds is 7. The van der Waals surface area contributed by atoms with Crippen LogP contribution < -0.4 is 10.1 Å².